The molecule has 0 spiro atoms. The highest BCUT2D eigenvalue weighted by Gasteiger charge is 2.18. The lowest BCUT2D eigenvalue weighted by Crippen LogP contribution is -1.99. The molecule has 0 aliphatic rings. The molecule has 0 saturated heterocycles. The fourth-order valence-electron chi connectivity index (χ4n) is 2.87. The van der Waals surface area contributed by atoms with Crippen LogP contribution in [0, 0.1) is 0 Å². The fourth-order valence-corrected chi connectivity index (χ4v) is 3.86. The fraction of sp³-hybridized carbons (Fsp3) is 0.200. The molecule has 4 aromatic rings. The molecule has 2 aromatic carbocycles. The largest absolute Gasteiger partial charge is 0.493 e. The Morgan fingerprint density at radius 1 is 1.04 bits per heavy atom. The number of hydrogen-bond donors (Lipinski definition) is 0. The summed E-state index contributed by atoms with van der Waals surface area (Å²) in [6.45, 7) is 2.44. The molecule has 0 aliphatic carbocycles. The van der Waals surface area contributed by atoms with Gasteiger partial charge in [-0.2, -0.15) is 5.10 Å². The maximum Gasteiger partial charge on any atom is 0.213 e. The zero-order valence-corrected chi connectivity index (χ0v) is 17.2. The molecule has 0 bridgehead atoms. The van der Waals surface area contributed by atoms with Crippen LogP contribution >= 0.6 is 22.9 Å². The molecule has 0 fully saturated rings. The summed E-state index contributed by atoms with van der Waals surface area (Å²) in [5.74, 6) is 1.79. The smallest absolute Gasteiger partial charge is 0.213 e. The van der Waals surface area contributed by atoms with Crippen LogP contribution in [0.15, 0.2) is 42.6 Å². The van der Waals surface area contributed by atoms with Crippen LogP contribution in [-0.2, 0) is 0 Å². The molecule has 28 heavy (non-hydrogen) atoms. The van der Waals surface area contributed by atoms with E-state index < -0.39 is 0 Å². The standard InChI is InChI=1S/C20H18ClN3O3S/c1-4-27-18-16(25-2)9-13(10-17(18)26-3)19-23-24-11-15(22-20(24)28-19)12-5-7-14(21)8-6-12/h5-11H,4H2,1-3H3. The number of methoxy groups -OCH3 is 2. The molecule has 144 valence electrons. The van der Waals surface area contributed by atoms with Crippen molar-refractivity contribution in [2.45, 2.75) is 6.92 Å². The molecule has 0 saturated carbocycles. The minimum absolute atomic E-state index is 0.518. The van der Waals surface area contributed by atoms with Crippen molar-refractivity contribution >= 4 is 27.9 Å². The molecule has 0 atom stereocenters. The van der Waals surface area contributed by atoms with Crippen molar-refractivity contribution in [3.8, 4) is 39.1 Å². The van der Waals surface area contributed by atoms with E-state index in [0.717, 1.165) is 26.8 Å². The van der Waals surface area contributed by atoms with Crippen molar-refractivity contribution in [3.63, 3.8) is 0 Å². The predicted octanol–water partition coefficient (Wildman–Crippen LogP) is 5.19. The third-order valence-electron chi connectivity index (χ3n) is 4.18. The first-order chi connectivity index (χ1) is 13.6. The number of nitrogens with zero attached hydrogens (tertiary/aromatic N) is 3. The first-order valence-corrected chi connectivity index (χ1v) is 9.83. The van der Waals surface area contributed by atoms with Crippen molar-refractivity contribution in [1.82, 2.24) is 14.6 Å². The quantitative estimate of drug-likeness (QED) is 0.433. The van der Waals surface area contributed by atoms with Crippen molar-refractivity contribution in [1.29, 1.82) is 0 Å². The summed E-state index contributed by atoms with van der Waals surface area (Å²) in [6.07, 6.45) is 1.90. The number of halogens is 1. The van der Waals surface area contributed by atoms with Crippen LogP contribution in [0.25, 0.3) is 26.8 Å². The van der Waals surface area contributed by atoms with Gasteiger partial charge in [-0.1, -0.05) is 35.1 Å². The predicted molar refractivity (Wildman–Crippen MR) is 111 cm³/mol. The maximum absolute atomic E-state index is 5.96. The molecular formula is C20H18ClN3O3S. The molecular weight excluding hydrogens is 398 g/mol. The van der Waals surface area contributed by atoms with Crippen molar-refractivity contribution < 1.29 is 14.2 Å². The van der Waals surface area contributed by atoms with Gasteiger partial charge in [-0.05, 0) is 31.2 Å². The van der Waals surface area contributed by atoms with E-state index >= 15 is 0 Å². The Morgan fingerprint density at radius 2 is 1.71 bits per heavy atom. The van der Waals surface area contributed by atoms with Gasteiger partial charge >= 0.3 is 0 Å². The molecule has 2 heterocycles. The number of benzene rings is 2. The monoisotopic (exact) mass is 415 g/mol. The zero-order chi connectivity index (χ0) is 19.7. The van der Waals surface area contributed by atoms with Gasteiger partial charge in [-0.15, -0.1) is 0 Å². The van der Waals surface area contributed by atoms with Crippen molar-refractivity contribution in [2.75, 3.05) is 20.8 Å². The Bertz CT molecular complexity index is 1070. The molecule has 0 aliphatic heterocycles. The van der Waals surface area contributed by atoms with Gasteiger partial charge in [-0.25, -0.2) is 9.50 Å². The molecule has 0 unspecified atom stereocenters. The number of imidazole rings is 1. The summed E-state index contributed by atoms with van der Waals surface area (Å²) in [5.41, 5.74) is 2.72. The van der Waals surface area contributed by atoms with Crippen molar-refractivity contribution in [3.05, 3.63) is 47.6 Å². The molecule has 0 amide bonds. The van der Waals surface area contributed by atoms with Crippen LogP contribution < -0.4 is 14.2 Å². The van der Waals surface area contributed by atoms with Crippen LogP contribution in [0.1, 0.15) is 6.92 Å². The Morgan fingerprint density at radius 3 is 2.29 bits per heavy atom. The SMILES string of the molecule is CCOc1c(OC)cc(-c2nn3cc(-c4ccc(Cl)cc4)nc3s2)cc1OC. The Balaban J connectivity index is 1.73. The number of ether oxygens (including phenoxy) is 3. The topological polar surface area (TPSA) is 57.9 Å². The summed E-state index contributed by atoms with van der Waals surface area (Å²) in [4.78, 5) is 5.48. The second-order valence-electron chi connectivity index (χ2n) is 5.91. The van der Waals surface area contributed by atoms with E-state index in [0.29, 0.717) is 28.9 Å². The first kappa shape index (κ1) is 18.6. The van der Waals surface area contributed by atoms with Gasteiger partial charge in [0.15, 0.2) is 11.5 Å². The normalized spacial score (nSPS) is 11.0. The van der Waals surface area contributed by atoms with Gasteiger partial charge in [0.05, 0.1) is 32.7 Å². The Labute approximate surface area is 171 Å². The Hall–Kier alpha value is -2.77. The van der Waals surface area contributed by atoms with Gasteiger partial charge in [-0.3, -0.25) is 0 Å². The summed E-state index contributed by atoms with van der Waals surface area (Å²) in [5, 5.41) is 6.18. The van der Waals surface area contributed by atoms with Gasteiger partial charge in [0.2, 0.25) is 10.7 Å². The second-order valence-corrected chi connectivity index (χ2v) is 7.30. The summed E-state index contributed by atoms with van der Waals surface area (Å²) in [7, 11) is 3.21. The minimum atomic E-state index is 0.518. The van der Waals surface area contributed by atoms with E-state index in [9.17, 15) is 0 Å². The average molecular weight is 416 g/mol. The first-order valence-electron chi connectivity index (χ1n) is 8.64. The Kier molecular flexibility index (Phi) is 5.11. The molecule has 4 rings (SSSR count). The van der Waals surface area contributed by atoms with Crippen molar-refractivity contribution in [2.24, 2.45) is 0 Å². The third kappa shape index (κ3) is 3.39. The lowest BCUT2D eigenvalue weighted by molar-refractivity contribution is 0.288. The highest BCUT2D eigenvalue weighted by molar-refractivity contribution is 7.19. The summed E-state index contributed by atoms with van der Waals surface area (Å²) in [6, 6.07) is 11.4. The highest BCUT2D eigenvalue weighted by Crippen LogP contribution is 2.42. The number of aromatic nitrogens is 3. The number of fused-ring (bicyclic) bond motifs is 1. The van der Waals surface area contributed by atoms with Crippen LogP contribution in [0.5, 0.6) is 17.2 Å². The van der Waals surface area contributed by atoms with E-state index in [1.807, 2.05) is 49.5 Å². The number of rotatable bonds is 6. The molecule has 0 N–H and O–H groups in total. The van der Waals surface area contributed by atoms with E-state index in [-0.39, 0.29) is 0 Å². The molecule has 6 nitrogen and oxygen atoms in total. The molecule has 2 aromatic heterocycles. The van der Waals surface area contributed by atoms with Crippen LogP contribution in [0.2, 0.25) is 5.02 Å². The third-order valence-corrected chi connectivity index (χ3v) is 5.40. The van der Waals surface area contributed by atoms with Gasteiger partial charge < -0.3 is 14.2 Å². The molecule has 0 radical (unpaired) electrons. The lowest BCUT2D eigenvalue weighted by atomic mass is 10.2. The van der Waals surface area contributed by atoms with E-state index in [1.165, 1.54) is 11.3 Å². The lowest BCUT2D eigenvalue weighted by Gasteiger charge is -2.14. The molecule has 8 heteroatoms. The second kappa shape index (κ2) is 7.69. The van der Waals surface area contributed by atoms with E-state index in [1.54, 1.807) is 18.7 Å². The number of hydrogen-bond acceptors (Lipinski definition) is 6. The highest BCUT2D eigenvalue weighted by atomic mass is 35.5. The average Bonchev–Trinajstić information content (AvgIpc) is 3.28. The summed E-state index contributed by atoms with van der Waals surface area (Å²) < 4.78 is 18.4. The minimum Gasteiger partial charge on any atom is -0.493 e. The van der Waals surface area contributed by atoms with Crippen LogP contribution in [0.4, 0.5) is 0 Å². The van der Waals surface area contributed by atoms with Gasteiger partial charge in [0, 0.05) is 16.1 Å². The van der Waals surface area contributed by atoms with E-state index in [2.05, 4.69) is 10.1 Å². The van der Waals surface area contributed by atoms with Gasteiger partial charge in [0.25, 0.3) is 0 Å². The summed E-state index contributed by atoms with van der Waals surface area (Å²) >= 11 is 7.45. The van der Waals surface area contributed by atoms with Crippen LogP contribution in [0.3, 0.4) is 0 Å². The zero-order valence-electron chi connectivity index (χ0n) is 15.6. The maximum atomic E-state index is 5.96. The van der Waals surface area contributed by atoms with Gasteiger partial charge in [0.1, 0.15) is 5.01 Å². The van der Waals surface area contributed by atoms with Crippen LogP contribution in [-0.4, -0.2) is 35.4 Å². The van der Waals surface area contributed by atoms with E-state index in [4.69, 9.17) is 25.8 Å².